The molecule has 0 aromatic carbocycles. The minimum atomic E-state index is -0.895. The SMILES string of the molecule is CC1CCCN(Cc2ccc(/C=C/C(=O)O)s2)C1C. The molecule has 2 heterocycles. The second kappa shape index (κ2) is 6.35. The van der Waals surface area contributed by atoms with Gasteiger partial charge >= 0.3 is 5.97 Å². The molecular weight excluding hydrogens is 258 g/mol. The molecule has 2 atom stereocenters. The molecule has 0 spiro atoms. The number of thiophene rings is 1. The first-order chi connectivity index (χ1) is 9.06. The fourth-order valence-electron chi connectivity index (χ4n) is 2.57. The van der Waals surface area contributed by atoms with E-state index in [0.717, 1.165) is 17.3 Å². The van der Waals surface area contributed by atoms with Crippen molar-refractivity contribution in [3.63, 3.8) is 0 Å². The lowest BCUT2D eigenvalue weighted by atomic mass is 9.92. The third-order valence-corrected chi connectivity index (χ3v) is 4.97. The molecule has 0 radical (unpaired) electrons. The highest BCUT2D eigenvalue weighted by Crippen LogP contribution is 2.27. The molecule has 0 aliphatic carbocycles. The molecule has 1 saturated heterocycles. The molecule has 3 nitrogen and oxygen atoms in total. The van der Waals surface area contributed by atoms with Crippen LogP contribution in [-0.2, 0) is 11.3 Å². The number of carboxylic acid groups (broad SMARTS) is 1. The Kier molecular flexibility index (Phi) is 4.77. The quantitative estimate of drug-likeness (QED) is 0.858. The number of carbonyl (C=O) groups is 1. The Labute approximate surface area is 118 Å². The molecule has 4 heteroatoms. The van der Waals surface area contributed by atoms with Gasteiger partial charge in [-0.2, -0.15) is 0 Å². The number of hydrogen-bond acceptors (Lipinski definition) is 3. The Morgan fingerprint density at radius 1 is 1.53 bits per heavy atom. The summed E-state index contributed by atoms with van der Waals surface area (Å²) >= 11 is 1.68. The van der Waals surface area contributed by atoms with E-state index in [1.54, 1.807) is 17.4 Å². The van der Waals surface area contributed by atoms with Crippen molar-refractivity contribution >= 4 is 23.4 Å². The summed E-state index contributed by atoms with van der Waals surface area (Å²) in [6.45, 7) is 6.79. The molecule has 19 heavy (non-hydrogen) atoms. The highest BCUT2D eigenvalue weighted by atomic mass is 32.1. The normalized spacial score (nSPS) is 24.9. The van der Waals surface area contributed by atoms with Gasteiger partial charge in [0.05, 0.1) is 0 Å². The van der Waals surface area contributed by atoms with Gasteiger partial charge in [0, 0.05) is 28.4 Å². The highest BCUT2D eigenvalue weighted by Gasteiger charge is 2.24. The van der Waals surface area contributed by atoms with Gasteiger partial charge in [0.1, 0.15) is 0 Å². The maximum atomic E-state index is 10.5. The maximum Gasteiger partial charge on any atom is 0.328 e. The Balaban J connectivity index is 1.97. The maximum absolute atomic E-state index is 10.5. The molecule has 0 amide bonds. The fourth-order valence-corrected chi connectivity index (χ4v) is 3.51. The van der Waals surface area contributed by atoms with Crippen LogP contribution in [0.5, 0.6) is 0 Å². The van der Waals surface area contributed by atoms with Crippen LogP contribution in [0.3, 0.4) is 0 Å². The highest BCUT2D eigenvalue weighted by molar-refractivity contribution is 7.12. The van der Waals surface area contributed by atoms with Crippen LogP contribution in [0.2, 0.25) is 0 Å². The third-order valence-electron chi connectivity index (χ3n) is 3.94. The monoisotopic (exact) mass is 279 g/mol. The van der Waals surface area contributed by atoms with Crippen LogP contribution in [0.25, 0.3) is 6.08 Å². The standard InChI is InChI=1S/C15H21NO2S/c1-11-4-3-9-16(12(11)2)10-14-6-5-13(19-14)7-8-15(17)18/h5-8,11-12H,3-4,9-10H2,1-2H3,(H,17,18)/b8-7+. The van der Waals surface area contributed by atoms with Crippen molar-refractivity contribution in [3.8, 4) is 0 Å². The van der Waals surface area contributed by atoms with E-state index in [0.29, 0.717) is 6.04 Å². The first-order valence-electron chi connectivity index (χ1n) is 6.80. The van der Waals surface area contributed by atoms with E-state index in [2.05, 4.69) is 24.8 Å². The molecule has 0 bridgehead atoms. The molecule has 1 fully saturated rings. The van der Waals surface area contributed by atoms with E-state index in [1.165, 1.54) is 30.3 Å². The lowest BCUT2D eigenvalue weighted by Gasteiger charge is -2.37. The number of piperidine rings is 1. The molecule has 1 aromatic rings. The lowest BCUT2D eigenvalue weighted by Crippen LogP contribution is -2.41. The summed E-state index contributed by atoms with van der Waals surface area (Å²) < 4.78 is 0. The van der Waals surface area contributed by atoms with Gasteiger partial charge in [-0.25, -0.2) is 4.79 Å². The second-order valence-electron chi connectivity index (χ2n) is 5.31. The topological polar surface area (TPSA) is 40.5 Å². The molecule has 1 N–H and O–H groups in total. The number of nitrogens with zero attached hydrogens (tertiary/aromatic N) is 1. The zero-order valence-corrected chi connectivity index (χ0v) is 12.3. The van der Waals surface area contributed by atoms with Crippen molar-refractivity contribution < 1.29 is 9.90 Å². The van der Waals surface area contributed by atoms with Gasteiger partial charge in [-0.3, -0.25) is 4.90 Å². The van der Waals surface area contributed by atoms with E-state index in [4.69, 9.17) is 5.11 Å². The van der Waals surface area contributed by atoms with E-state index < -0.39 is 5.97 Å². The average Bonchev–Trinajstić information content (AvgIpc) is 2.80. The van der Waals surface area contributed by atoms with Crippen molar-refractivity contribution in [1.82, 2.24) is 4.90 Å². The Morgan fingerprint density at radius 2 is 2.32 bits per heavy atom. The van der Waals surface area contributed by atoms with Crippen LogP contribution in [0.1, 0.15) is 36.4 Å². The summed E-state index contributed by atoms with van der Waals surface area (Å²) in [4.78, 5) is 15.3. The van der Waals surface area contributed by atoms with Gasteiger partial charge in [-0.1, -0.05) is 6.92 Å². The third kappa shape index (κ3) is 3.91. The van der Waals surface area contributed by atoms with Crippen molar-refractivity contribution in [2.45, 2.75) is 39.3 Å². The Hall–Kier alpha value is -1.13. The van der Waals surface area contributed by atoms with Gasteiger partial charge in [0.15, 0.2) is 0 Å². The molecule has 104 valence electrons. The minimum absolute atomic E-state index is 0.633. The van der Waals surface area contributed by atoms with E-state index in [-0.39, 0.29) is 0 Å². The smallest absolute Gasteiger partial charge is 0.328 e. The molecular formula is C15H21NO2S. The van der Waals surface area contributed by atoms with E-state index in [9.17, 15) is 4.79 Å². The number of rotatable bonds is 4. The van der Waals surface area contributed by atoms with Crippen molar-refractivity contribution in [3.05, 3.63) is 28.0 Å². The van der Waals surface area contributed by atoms with Crippen LogP contribution in [0, 0.1) is 5.92 Å². The summed E-state index contributed by atoms with van der Waals surface area (Å²) in [6, 6.07) is 4.74. The predicted molar refractivity (Wildman–Crippen MR) is 79.3 cm³/mol. The summed E-state index contributed by atoms with van der Waals surface area (Å²) in [7, 11) is 0. The van der Waals surface area contributed by atoms with Crippen LogP contribution >= 0.6 is 11.3 Å². The summed E-state index contributed by atoms with van der Waals surface area (Å²) in [6.07, 6.45) is 5.47. The van der Waals surface area contributed by atoms with Gasteiger partial charge in [0.2, 0.25) is 0 Å². The summed E-state index contributed by atoms with van der Waals surface area (Å²) in [5.74, 6) is -0.131. The van der Waals surface area contributed by atoms with Gasteiger partial charge in [-0.05, 0) is 50.4 Å². The zero-order chi connectivity index (χ0) is 13.8. The van der Waals surface area contributed by atoms with Gasteiger partial charge in [-0.15, -0.1) is 11.3 Å². The van der Waals surface area contributed by atoms with Gasteiger partial charge in [0.25, 0.3) is 0 Å². The molecule has 1 aliphatic heterocycles. The predicted octanol–water partition coefficient (Wildman–Crippen LogP) is 3.47. The molecule has 1 aliphatic rings. The fraction of sp³-hybridized carbons (Fsp3) is 0.533. The molecule has 0 saturated carbocycles. The zero-order valence-electron chi connectivity index (χ0n) is 11.5. The average molecular weight is 279 g/mol. The van der Waals surface area contributed by atoms with Crippen LogP contribution in [0.4, 0.5) is 0 Å². The van der Waals surface area contributed by atoms with Crippen LogP contribution in [0.15, 0.2) is 18.2 Å². The van der Waals surface area contributed by atoms with Crippen LogP contribution in [-0.4, -0.2) is 28.6 Å². The number of carboxylic acids is 1. The Morgan fingerprint density at radius 3 is 3.05 bits per heavy atom. The number of aliphatic carboxylic acids is 1. The van der Waals surface area contributed by atoms with Crippen molar-refractivity contribution in [2.75, 3.05) is 6.54 Å². The van der Waals surface area contributed by atoms with Crippen molar-refractivity contribution in [2.24, 2.45) is 5.92 Å². The minimum Gasteiger partial charge on any atom is -0.478 e. The van der Waals surface area contributed by atoms with E-state index >= 15 is 0 Å². The van der Waals surface area contributed by atoms with Crippen LogP contribution < -0.4 is 0 Å². The molecule has 1 aromatic heterocycles. The van der Waals surface area contributed by atoms with Crippen molar-refractivity contribution in [1.29, 1.82) is 0 Å². The summed E-state index contributed by atoms with van der Waals surface area (Å²) in [5.41, 5.74) is 0. The summed E-state index contributed by atoms with van der Waals surface area (Å²) in [5, 5.41) is 8.62. The molecule has 2 unspecified atom stereocenters. The van der Waals surface area contributed by atoms with E-state index in [1.807, 2.05) is 6.07 Å². The first-order valence-corrected chi connectivity index (χ1v) is 7.61. The number of likely N-dealkylation sites (tertiary alicyclic amines) is 1. The Bertz CT molecular complexity index is 466. The largest absolute Gasteiger partial charge is 0.478 e. The second-order valence-corrected chi connectivity index (χ2v) is 6.51. The first kappa shape index (κ1) is 14.3. The molecule has 2 rings (SSSR count). The number of hydrogen-bond donors (Lipinski definition) is 1. The van der Waals surface area contributed by atoms with Gasteiger partial charge < -0.3 is 5.11 Å². The lowest BCUT2D eigenvalue weighted by molar-refractivity contribution is -0.131.